The molecule has 5 nitrogen and oxygen atoms in total. The number of carbonyl (C=O) groups excluding carboxylic acids is 1. The van der Waals surface area contributed by atoms with E-state index < -0.39 is 5.97 Å². The molecule has 1 aromatic rings. The summed E-state index contributed by atoms with van der Waals surface area (Å²) in [5.74, 6) is -1.22. The van der Waals surface area contributed by atoms with E-state index in [1.54, 1.807) is 0 Å². The highest BCUT2D eigenvalue weighted by Crippen LogP contribution is 2.26. The maximum absolute atomic E-state index is 12.0. The number of carboxylic acid groups (broad SMARTS) is 1. The number of hydrogen-bond donors (Lipinski definition) is 2. The van der Waals surface area contributed by atoms with Crippen LogP contribution in [0.15, 0.2) is 0 Å². The molecule has 0 saturated heterocycles. The summed E-state index contributed by atoms with van der Waals surface area (Å²) in [4.78, 5) is 27.7. The number of nitrogens with one attached hydrogen (secondary N) is 1. The van der Waals surface area contributed by atoms with E-state index in [1.807, 2.05) is 13.8 Å². The molecule has 1 aliphatic carbocycles. The molecule has 2 atom stereocenters. The van der Waals surface area contributed by atoms with Crippen molar-refractivity contribution in [2.75, 3.05) is 0 Å². The normalized spacial score (nSPS) is 23.0. The molecule has 1 heterocycles. The Balaban J connectivity index is 1.97. The Labute approximate surface area is 109 Å². The van der Waals surface area contributed by atoms with Crippen molar-refractivity contribution >= 4 is 23.2 Å². The first-order chi connectivity index (χ1) is 8.47. The summed E-state index contributed by atoms with van der Waals surface area (Å²) >= 11 is 1.37. The number of rotatable bonds is 3. The smallest absolute Gasteiger partial charge is 0.306 e. The van der Waals surface area contributed by atoms with Crippen LogP contribution in [0.1, 0.15) is 39.6 Å². The van der Waals surface area contributed by atoms with Gasteiger partial charge in [0.15, 0.2) is 0 Å². The number of aromatic nitrogens is 1. The quantitative estimate of drug-likeness (QED) is 0.875. The molecular weight excluding hydrogens is 252 g/mol. The predicted molar refractivity (Wildman–Crippen MR) is 67.8 cm³/mol. The lowest BCUT2D eigenvalue weighted by molar-refractivity contribution is -0.141. The van der Waals surface area contributed by atoms with E-state index >= 15 is 0 Å². The summed E-state index contributed by atoms with van der Waals surface area (Å²) < 4.78 is 0. The second-order valence-electron chi connectivity index (χ2n) is 4.67. The van der Waals surface area contributed by atoms with Gasteiger partial charge in [0.1, 0.15) is 4.88 Å². The lowest BCUT2D eigenvalue weighted by Crippen LogP contribution is -2.33. The van der Waals surface area contributed by atoms with E-state index in [0.717, 1.165) is 17.1 Å². The molecular formula is C12H16N2O3S. The molecule has 0 unspecified atom stereocenters. The first-order valence-corrected chi connectivity index (χ1v) is 6.76. The zero-order chi connectivity index (χ0) is 13.3. The predicted octanol–water partition coefficient (Wildman–Crippen LogP) is 1.74. The van der Waals surface area contributed by atoms with Crippen molar-refractivity contribution in [3.05, 3.63) is 15.6 Å². The SMILES string of the molecule is Cc1nc(C)c(C(=O)N[C@H]2CC[C@H](C(=O)O)C2)s1. The maximum atomic E-state index is 12.0. The van der Waals surface area contributed by atoms with Gasteiger partial charge in [0.2, 0.25) is 0 Å². The molecule has 1 aliphatic rings. The average molecular weight is 268 g/mol. The van der Waals surface area contributed by atoms with Gasteiger partial charge in [-0.05, 0) is 33.1 Å². The molecule has 2 N–H and O–H groups in total. The lowest BCUT2D eigenvalue weighted by atomic mass is 10.1. The molecule has 1 saturated carbocycles. The molecule has 2 rings (SSSR count). The van der Waals surface area contributed by atoms with E-state index in [4.69, 9.17) is 5.11 Å². The Hall–Kier alpha value is -1.43. The number of amides is 1. The van der Waals surface area contributed by atoms with Gasteiger partial charge < -0.3 is 10.4 Å². The van der Waals surface area contributed by atoms with Gasteiger partial charge >= 0.3 is 5.97 Å². The Morgan fingerprint density at radius 1 is 1.39 bits per heavy atom. The second-order valence-corrected chi connectivity index (χ2v) is 5.87. The largest absolute Gasteiger partial charge is 0.481 e. The van der Waals surface area contributed by atoms with Crippen LogP contribution in [0.5, 0.6) is 0 Å². The van der Waals surface area contributed by atoms with Crippen LogP contribution in [0.25, 0.3) is 0 Å². The van der Waals surface area contributed by atoms with Crippen LogP contribution in [0, 0.1) is 19.8 Å². The molecule has 0 aliphatic heterocycles. The minimum absolute atomic E-state index is 0.0274. The third-order valence-electron chi connectivity index (χ3n) is 3.23. The summed E-state index contributed by atoms with van der Waals surface area (Å²) in [6.07, 6.45) is 1.90. The third kappa shape index (κ3) is 2.69. The van der Waals surface area contributed by atoms with Gasteiger partial charge in [-0.3, -0.25) is 9.59 Å². The first-order valence-electron chi connectivity index (χ1n) is 5.95. The van der Waals surface area contributed by atoms with Crippen LogP contribution < -0.4 is 5.32 Å². The minimum atomic E-state index is -0.767. The molecule has 18 heavy (non-hydrogen) atoms. The van der Waals surface area contributed by atoms with Crippen LogP contribution in [-0.2, 0) is 4.79 Å². The Morgan fingerprint density at radius 2 is 2.11 bits per heavy atom. The van der Waals surface area contributed by atoms with Crippen molar-refractivity contribution in [3.8, 4) is 0 Å². The molecule has 0 aromatic carbocycles. The molecule has 1 amide bonds. The van der Waals surface area contributed by atoms with Gasteiger partial charge in [-0.25, -0.2) is 4.98 Å². The van der Waals surface area contributed by atoms with Crippen molar-refractivity contribution < 1.29 is 14.7 Å². The number of aryl methyl sites for hydroxylation is 2. The highest BCUT2D eigenvalue weighted by Gasteiger charge is 2.31. The van der Waals surface area contributed by atoms with E-state index in [1.165, 1.54) is 11.3 Å². The van der Waals surface area contributed by atoms with Crippen molar-refractivity contribution in [1.29, 1.82) is 0 Å². The van der Waals surface area contributed by atoms with E-state index in [9.17, 15) is 9.59 Å². The average Bonchev–Trinajstić information content (AvgIpc) is 2.85. The summed E-state index contributed by atoms with van der Waals surface area (Å²) in [5, 5.41) is 12.7. The van der Waals surface area contributed by atoms with Gasteiger partial charge in [-0.1, -0.05) is 0 Å². The van der Waals surface area contributed by atoms with Gasteiger partial charge in [-0.15, -0.1) is 11.3 Å². The third-order valence-corrected chi connectivity index (χ3v) is 4.30. The number of hydrogen-bond acceptors (Lipinski definition) is 4. The van der Waals surface area contributed by atoms with Crippen molar-refractivity contribution in [1.82, 2.24) is 10.3 Å². The number of carboxylic acids is 1. The van der Waals surface area contributed by atoms with E-state index in [2.05, 4.69) is 10.3 Å². The zero-order valence-electron chi connectivity index (χ0n) is 10.4. The zero-order valence-corrected chi connectivity index (χ0v) is 11.2. The molecule has 1 aromatic heterocycles. The first kappa shape index (κ1) is 13.0. The van der Waals surface area contributed by atoms with Gasteiger partial charge in [0, 0.05) is 6.04 Å². The number of thiazole rings is 1. The summed E-state index contributed by atoms with van der Waals surface area (Å²) in [6, 6.07) is -0.0274. The van der Waals surface area contributed by atoms with Crippen molar-refractivity contribution in [3.63, 3.8) is 0 Å². The summed E-state index contributed by atoms with van der Waals surface area (Å²) in [7, 11) is 0. The fraction of sp³-hybridized carbons (Fsp3) is 0.583. The lowest BCUT2D eigenvalue weighted by Gasteiger charge is -2.11. The Bertz CT molecular complexity index is 484. The highest BCUT2D eigenvalue weighted by atomic mass is 32.1. The van der Waals surface area contributed by atoms with Crippen LogP contribution in [0.3, 0.4) is 0 Å². The van der Waals surface area contributed by atoms with Crippen LogP contribution >= 0.6 is 11.3 Å². The van der Waals surface area contributed by atoms with E-state index in [0.29, 0.717) is 17.7 Å². The fourth-order valence-electron chi connectivity index (χ4n) is 2.33. The molecule has 98 valence electrons. The highest BCUT2D eigenvalue weighted by molar-refractivity contribution is 7.13. The molecule has 0 spiro atoms. The summed E-state index contributed by atoms with van der Waals surface area (Å²) in [5.41, 5.74) is 0.739. The monoisotopic (exact) mass is 268 g/mol. The second kappa shape index (κ2) is 5.06. The number of nitrogens with zero attached hydrogens (tertiary/aromatic N) is 1. The standard InChI is InChI=1S/C12H16N2O3S/c1-6-10(18-7(2)13-6)11(15)14-9-4-3-8(5-9)12(16)17/h8-9H,3-5H2,1-2H3,(H,14,15)(H,16,17)/t8-,9-/m0/s1. The number of aliphatic carboxylic acids is 1. The Kier molecular flexibility index (Phi) is 3.65. The van der Waals surface area contributed by atoms with Gasteiger partial charge in [-0.2, -0.15) is 0 Å². The number of carbonyl (C=O) groups is 2. The molecule has 0 bridgehead atoms. The van der Waals surface area contributed by atoms with Crippen LogP contribution in [0.4, 0.5) is 0 Å². The minimum Gasteiger partial charge on any atom is -0.481 e. The van der Waals surface area contributed by atoms with Crippen molar-refractivity contribution in [2.45, 2.75) is 39.2 Å². The topological polar surface area (TPSA) is 79.3 Å². The van der Waals surface area contributed by atoms with Gasteiger partial charge in [0.25, 0.3) is 5.91 Å². The van der Waals surface area contributed by atoms with Crippen LogP contribution in [-0.4, -0.2) is 28.0 Å². The van der Waals surface area contributed by atoms with Crippen LogP contribution in [0.2, 0.25) is 0 Å². The Morgan fingerprint density at radius 3 is 2.61 bits per heavy atom. The molecule has 1 fully saturated rings. The summed E-state index contributed by atoms with van der Waals surface area (Å²) in [6.45, 7) is 3.68. The van der Waals surface area contributed by atoms with Gasteiger partial charge in [0.05, 0.1) is 16.6 Å². The van der Waals surface area contributed by atoms with E-state index in [-0.39, 0.29) is 17.9 Å². The molecule has 6 heteroatoms. The fourth-order valence-corrected chi connectivity index (χ4v) is 3.15. The van der Waals surface area contributed by atoms with Crippen molar-refractivity contribution in [2.24, 2.45) is 5.92 Å². The molecule has 0 radical (unpaired) electrons. The maximum Gasteiger partial charge on any atom is 0.306 e.